The fourth-order valence-corrected chi connectivity index (χ4v) is 4.82. The van der Waals surface area contributed by atoms with Gasteiger partial charge in [0.1, 0.15) is 23.6 Å². The van der Waals surface area contributed by atoms with Gasteiger partial charge in [0.2, 0.25) is 11.8 Å². The monoisotopic (exact) mass is 549 g/mol. The number of hydrogen-bond donors (Lipinski definition) is 2. The summed E-state index contributed by atoms with van der Waals surface area (Å²) in [4.78, 5) is 28.5. The number of hydrogen-bond acceptors (Lipinski definition) is 7. The third-order valence-corrected chi connectivity index (χ3v) is 6.89. The Balaban J connectivity index is 1.49. The van der Waals surface area contributed by atoms with Crippen LogP contribution in [0.4, 0.5) is 8.78 Å². The van der Waals surface area contributed by atoms with Crippen LogP contribution in [0, 0.1) is 5.41 Å². The van der Waals surface area contributed by atoms with Crippen LogP contribution in [-0.2, 0) is 16.1 Å². The smallest absolute Gasteiger partial charge is 0.387 e. The molecule has 1 saturated carbocycles. The van der Waals surface area contributed by atoms with Gasteiger partial charge >= 0.3 is 6.61 Å². The molecule has 214 valence electrons. The number of aliphatic hydroxyl groups excluding tert-OH is 1. The molecule has 12 heteroatoms. The number of amides is 2. The number of alkyl halides is 2. The Bertz CT molecular complexity index is 1160. The summed E-state index contributed by atoms with van der Waals surface area (Å²) < 4.78 is 37.8. The number of ether oxygens (including phenoxy) is 2. The molecule has 2 heterocycles. The lowest BCUT2D eigenvalue weighted by Gasteiger charge is -2.34. The lowest BCUT2D eigenvalue weighted by Crippen LogP contribution is -2.50. The Hall–Kier alpha value is -3.28. The standard InChI is InChI=1S/C27H37F2N5O5/c1-5-10-38-19-9-8-17(22(12-19)39-26(28)29)13-30-24(36)21-11-18(35)14-33(21)25(37)23(27(2,3)4)34-15-20(31-32-34)16-6-7-16/h8-9,12,15-16,18,21,23,26,35H,5-7,10-11,13-14H2,1-4H3,(H,30,36)/t18?,21?,23-/m1/s1. The number of aliphatic hydroxyl groups is 1. The van der Waals surface area contributed by atoms with Gasteiger partial charge in [-0.3, -0.25) is 9.59 Å². The summed E-state index contributed by atoms with van der Waals surface area (Å²) in [7, 11) is 0. The summed E-state index contributed by atoms with van der Waals surface area (Å²) in [6.07, 6.45) is 3.82. The molecular formula is C27H37F2N5O5. The molecule has 0 spiro atoms. The predicted molar refractivity (Wildman–Crippen MR) is 137 cm³/mol. The van der Waals surface area contributed by atoms with Crippen molar-refractivity contribution in [3.8, 4) is 11.5 Å². The number of carbonyl (C=O) groups is 2. The van der Waals surface area contributed by atoms with E-state index >= 15 is 0 Å². The minimum absolute atomic E-state index is 0.00309. The van der Waals surface area contributed by atoms with Gasteiger partial charge in [0.25, 0.3) is 0 Å². The van der Waals surface area contributed by atoms with E-state index in [1.165, 1.54) is 11.0 Å². The van der Waals surface area contributed by atoms with Crippen LogP contribution >= 0.6 is 0 Å². The summed E-state index contributed by atoms with van der Waals surface area (Å²) in [5.41, 5.74) is 0.621. The highest BCUT2D eigenvalue weighted by Crippen LogP contribution is 2.40. The van der Waals surface area contributed by atoms with E-state index in [1.807, 2.05) is 27.7 Å². The minimum atomic E-state index is -3.05. The van der Waals surface area contributed by atoms with E-state index in [0.717, 1.165) is 25.0 Å². The van der Waals surface area contributed by atoms with Gasteiger partial charge in [-0.2, -0.15) is 8.78 Å². The van der Waals surface area contributed by atoms with Crippen molar-refractivity contribution in [1.82, 2.24) is 25.2 Å². The summed E-state index contributed by atoms with van der Waals surface area (Å²) in [6.45, 7) is 4.91. The van der Waals surface area contributed by atoms with E-state index in [1.54, 1.807) is 23.0 Å². The molecule has 2 N–H and O–H groups in total. The second-order valence-electron chi connectivity index (χ2n) is 11.3. The number of nitrogens with zero attached hydrogens (tertiary/aromatic N) is 4. The number of likely N-dealkylation sites (tertiary alicyclic amines) is 1. The van der Waals surface area contributed by atoms with Crippen LogP contribution in [0.1, 0.15) is 76.6 Å². The number of halogens is 2. The Morgan fingerprint density at radius 1 is 1.26 bits per heavy atom. The zero-order chi connectivity index (χ0) is 28.3. The van der Waals surface area contributed by atoms with Crippen molar-refractivity contribution in [2.75, 3.05) is 13.2 Å². The van der Waals surface area contributed by atoms with Gasteiger partial charge in [0, 0.05) is 43.3 Å². The second-order valence-corrected chi connectivity index (χ2v) is 11.3. The third-order valence-electron chi connectivity index (χ3n) is 6.89. The summed E-state index contributed by atoms with van der Waals surface area (Å²) in [5, 5.41) is 21.6. The van der Waals surface area contributed by atoms with Crippen LogP contribution in [0.3, 0.4) is 0 Å². The van der Waals surface area contributed by atoms with Crippen LogP contribution in [-0.4, -0.2) is 68.7 Å². The van der Waals surface area contributed by atoms with Crippen LogP contribution < -0.4 is 14.8 Å². The molecule has 10 nitrogen and oxygen atoms in total. The van der Waals surface area contributed by atoms with E-state index in [9.17, 15) is 23.5 Å². The molecule has 1 aliphatic heterocycles. The first-order chi connectivity index (χ1) is 18.5. The number of rotatable bonds is 11. The number of aromatic nitrogens is 3. The highest BCUT2D eigenvalue weighted by molar-refractivity contribution is 5.90. The Morgan fingerprint density at radius 2 is 2.00 bits per heavy atom. The van der Waals surface area contributed by atoms with Crippen LogP contribution in [0.15, 0.2) is 24.4 Å². The van der Waals surface area contributed by atoms with Gasteiger partial charge in [-0.25, -0.2) is 4.68 Å². The summed E-state index contributed by atoms with van der Waals surface area (Å²) in [5.74, 6) is -0.203. The molecule has 2 aromatic rings. The van der Waals surface area contributed by atoms with Gasteiger partial charge in [0.05, 0.1) is 18.4 Å². The Kier molecular flexibility index (Phi) is 8.73. The van der Waals surface area contributed by atoms with Crippen LogP contribution in [0.2, 0.25) is 0 Å². The maximum absolute atomic E-state index is 13.9. The molecule has 2 amide bonds. The maximum Gasteiger partial charge on any atom is 0.387 e. The number of benzene rings is 1. The summed E-state index contributed by atoms with van der Waals surface area (Å²) >= 11 is 0. The lowest BCUT2D eigenvalue weighted by molar-refractivity contribution is -0.144. The fourth-order valence-electron chi connectivity index (χ4n) is 4.82. The first-order valence-corrected chi connectivity index (χ1v) is 13.4. The first kappa shape index (κ1) is 28.7. The van der Waals surface area contributed by atoms with Crippen molar-refractivity contribution in [2.24, 2.45) is 5.41 Å². The van der Waals surface area contributed by atoms with Crippen LogP contribution in [0.25, 0.3) is 0 Å². The maximum atomic E-state index is 13.9. The molecule has 2 fully saturated rings. The van der Waals surface area contributed by atoms with E-state index < -0.39 is 36.1 Å². The Morgan fingerprint density at radius 3 is 2.64 bits per heavy atom. The molecule has 1 aromatic heterocycles. The topological polar surface area (TPSA) is 119 Å². The number of carbonyl (C=O) groups excluding carboxylic acids is 2. The van der Waals surface area contributed by atoms with Crippen molar-refractivity contribution in [2.45, 2.75) is 90.6 Å². The average molecular weight is 550 g/mol. The predicted octanol–water partition coefficient (Wildman–Crippen LogP) is 3.41. The molecule has 0 radical (unpaired) electrons. The number of β-amino-alcohol motifs (C(OH)–C–C–N with tert-alkyl or cyclic N) is 1. The SMILES string of the molecule is CCCOc1ccc(CNC(=O)C2CC(O)CN2C(=O)[C@@H](n2cc(C3CC3)nn2)C(C)(C)C)c(OC(F)F)c1. The second kappa shape index (κ2) is 11.8. The van der Waals surface area contributed by atoms with Crippen molar-refractivity contribution < 1.29 is 33.0 Å². The molecule has 1 aliphatic carbocycles. The van der Waals surface area contributed by atoms with Crippen molar-refractivity contribution in [1.29, 1.82) is 0 Å². The lowest BCUT2D eigenvalue weighted by atomic mass is 9.85. The first-order valence-electron chi connectivity index (χ1n) is 13.4. The quantitative estimate of drug-likeness (QED) is 0.441. The van der Waals surface area contributed by atoms with Gasteiger partial charge in [-0.05, 0) is 36.8 Å². The Labute approximate surface area is 226 Å². The van der Waals surface area contributed by atoms with Crippen molar-refractivity contribution in [3.05, 3.63) is 35.7 Å². The molecule has 3 atom stereocenters. The molecule has 2 aliphatic rings. The van der Waals surface area contributed by atoms with Crippen molar-refractivity contribution in [3.63, 3.8) is 0 Å². The van der Waals surface area contributed by atoms with E-state index in [2.05, 4.69) is 20.4 Å². The highest BCUT2D eigenvalue weighted by Gasteiger charge is 2.45. The molecule has 39 heavy (non-hydrogen) atoms. The largest absolute Gasteiger partial charge is 0.493 e. The van der Waals surface area contributed by atoms with E-state index in [0.29, 0.717) is 23.8 Å². The molecule has 4 rings (SSSR count). The van der Waals surface area contributed by atoms with Gasteiger partial charge in [-0.15, -0.1) is 5.10 Å². The molecule has 0 bridgehead atoms. The van der Waals surface area contributed by atoms with Gasteiger partial charge in [0.15, 0.2) is 0 Å². The number of nitrogens with one attached hydrogen (secondary N) is 1. The van der Waals surface area contributed by atoms with Gasteiger partial charge < -0.3 is 24.8 Å². The third kappa shape index (κ3) is 7.03. The average Bonchev–Trinajstić information content (AvgIpc) is 3.47. The highest BCUT2D eigenvalue weighted by atomic mass is 19.3. The zero-order valence-corrected chi connectivity index (χ0v) is 22.8. The summed E-state index contributed by atoms with van der Waals surface area (Å²) in [6, 6.07) is 2.86. The van der Waals surface area contributed by atoms with Gasteiger partial charge in [-0.1, -0.05) is 32.9 Å². The molecule has 1 saturated heterocycles. The van der Waals surface area contributed by atoms with Crippen molar-refractivity contribution >= 4 is 11.8 Å². The fraction of sp³-hybridized carbons (Fsp3) is 0.630. The zero-order valence-electron chi connectivity index (χ0n) is 22.8. The molecule has 2 unspecified atom stereocenters. The van der Waals surface area contributed by atoms with Crippen LogP contribution in [0.5, 0.6) is 11.5 Å². The molecular weight excluding hydrogens is 512 g/mol. The minimum Gasteiger partial charge on any atom is -0.493 e. The normalized spacial score (nSPS) is 20.3. The molecule has 1 aromatic carbocycles. The van der Waals surface area contributed by atoms with E-state index in [4.69, 9.17) is 4.74 Å². The van der Waals surface area contributed by atoms with E-state index in [-0.39, 0.29) is 31.2 Å².